The first-order valence-electron chi connectivity index (χ1n) is 4.34. The maximum absolute atomic E-state index is 5.55. The molecule has 0 aliphatic carbocycles. The van der Waals surface area contributed by atoms with Crippen molar-refractivity contribution in [3.8, 4) is 0 Å². The van der Waals surface area contributed by atoms with Crippen LogP contribution in [0.3, 0.4) is 0 Å². The third-order valence-electron chi connectivity index (χ3n) is 1.71. The Kier molecular flexibility index (Phi) is 3.60. The lowest BCUT2D eigenvalue weighted by molar-refractivity contribution is 0.728. The van der Waals surface area contributed by atoms with Crippen LogP contribution >= 0.6 is 0 Å². The summed E-state index contributed by atoms with van der Waals surface area (Å²) in [6, 6.07) is 7.70. The van der Waals surface area contributed by atoms with Crippen molar-refractivity contribution in [1.82, 2.24) is 5.43 Å². The molecular formula is C9H15N5. The molecule has 5 nitrogen and oxygen atoms in total. The van der Waals surface area contributed by atoms with E-state index in [0.29, 0.717) is 6.54 Å². The second kappa shape index (κ2) is 4.96. The first kappa shape index (κ1) is 10.2. The molecule has 0 radical (unpaired) electrons. The zero-order chi connectivity index (χ0) is 10.4. The summed E-state index contributed by atoms with van der Waals surface area (Å²) in [7, 11) is 0. The summed E-state index contributed by atoms with van der Waals surface area (Å²) in [4.78, 5) is 0. The highest BCUT2D eigenvalue weighted by Crippen LogP contribution is 2.05. The maximum atomic E-state index is 5.55. The summed E-state index contributed by atoms with van der Waals surface area (Å²) in [6.45, 7) is 0.696. The molecular weight excluding hydrogens is 178 g/mol. The molecule has 0 amide bonds. The molecule has 0 aliphatic heterocycles. The van der Waals surface area contributed by atoms with Gasteiger partial charge in [-0.2, -0.15) is 0 Å². The van der Waals surface area contributed by atoms with Crippen molar-refractivity contribution in [2.45, 2.75) is 6.42 Å². The first-order chi connectivity index (χ1) is 6.68. The Morgan fingerprint density at radius 2 is 1.86 bits per heavy atom. The molecule has 1 aromatic carbocycles. The Morgan fingerprint density at radius 3 is 2.43 bits per heavy atom. The molecule has 0 atom stereocenters. The van der Waals surface area contributed by atoms with E-state index in [0.717, 1.165) is 12.1 Å². The molecule has 1 rings (SSSR count). The fourth-order valence-electron chi connectivity index (χ4n) is 1.03. The van der Waals surface area contributed by atoms with Crippen LogP contribution in [0.2, 0.25) is 0 Å². The van der Waals surface area contributed by atoms with Gasteiger partial charge in [0.05, 0.1) is 0 Å². The molecule has 0 saturated heterocycles. The highest BCUT2D eigenvalue weighted by molar-refractivity contribution is 5.75. The van der Waals surface area contributed by atoms with Crippen molar-refractivity contribution >= 4 is 11.6 Å². The number of guanidine groups is 1. The molecule has 76 valence electrons. The molecule has 0 aromatic heterocycles. The van der Waals surface area contributed by atoms with Gasteiger partial charge >= 0.3 is 0 Å². The van der Waals surface area contributed by atoms with Gasteiger partial charge in [-0.15, -0.1) is 5.10 Å². The Bertz CT molecular complexity index is 299. The van der Waals surface area contributed by atoms with Gasteiger partial charge in [-0.3, -0.25) is 0 Å². The predicted molar refractivity (Wildman–Crippen MR) is 58.4 cm³/mol. The van der Waals surface area contributed by atoms with Crippen molar-refractivity contribution in [2.24, 2.45) is 16.6 Å². The van der Waals surface area contributed by atoms with Gasteiger partial charge in [0.25, 0.3) is 0 Å². The molecule has 0 heterocycles. The second-order valence-corrected chi connectivity index (χ2v) is 2.94. The van der Waals surface area contributed by atoms with Crippen LogP contribution in [-0.4, -0.2) is 12.5 Å². The van der Waals surface area contributed by atoms with Crippen LogP contribution in [0.4, 0.5) is 5.69 Å². The molecule has 0 fully saturated rings. The third kappa shape index (κ3) is 3.66. The molecule has 0 aliphatic rings. The topological polar surface area (TPSA) is 102 Å². The lowest BCUT2D eigenvalue weighted by Crippen LogP contribution is -2.27. The Balaban J connectivity index is 2.32. The van der Waals surface area contributed by atoms with Gasteiger partial charge in [0, 0.05) is 12.2 Å². The van der Waals surface area contributed by atoms with Gasteiger partial charge in [-0.05, 0) is 24.1 Å². The molecule has 0 spiro atoms. The summed E-state index contributed by atoms with van der Waals surface area (Å²) in [5, 5.41) is 3.65. The van der Waals surface area contributed by atoms with Gasteiger partial charge in [0.1, 0.15) is 0 Å². The summed E-state index contributed by atoms with van der Waals surface area (Å²) >= 11 is 0. The van der Waals surface area contributed by atoms with E-state index in [2.05, 4.69) is 10.5 Å². The highest BCUT2D eigenvalue weighted by atomic mass is 15.3. The van der Waals surface area contributed by atoms with Gasteiger partial charge in [-0.25, -0.2) is 0 Å². The minimum Gasteiger partial charge on any atom is -0.399 e. The number of nitrogens with one attached hydrogen (secondary N) is 1. The van der Waals surface area contributed by atoms with Crippen LogP contribution in [0.5, 0.6) is 0 Å². The van der Waals surface area contributed by atoms with Gasteiger partial charge in [0.15, 0.2) is 0 Å². The number of hydrogen-bond acceptors (Lipinski definition) is 3. The van der Waals surface area contributed by atoms with E-state index in [-0.39, 0.29) is 5.96 Å². The fraction of sp³-hybridized carbons (Fsp3) is 0.222. The average Bonchev–Trinajstić information content (AvgIpc) is 2.15. The molecule has 0 bridgehead atoms. The van der Waals surface area contributed by atoms with E-state index in [9.17, 15) is 0 Å². The van der Waals surface area contributed by atoms with Gasteiger partial charge in [-0.1, -0.05) is 12.1 Å². The number of benzene rings is 1. The van der Waals surface area contributed by atoms with Crippen LogP contribution in [0, 0.1) is 0 Å². The number of rotatable bonds is 4. The van der Waals surface area contributed by atoms with E-state index >= 15 is 0 Å². The number of nitrogen functional groups attached to an aromatic ring is 1. The summed E-state index contributed by atoms with van der Waals surface area (Å²) < 4.78 is 0. The van der Waals surface area contributed by atoms with Gasteiger partial charge < -0.3 is 22.6 Å². The maximum Gasteiger partial charge on any atom is 0.208 e. The van der Waals surface area contributed by atoms with Crippen LogP contribution in [0.1, 0.15) is 5.56 Å². The number of hydrazone groups is 1. The fourth-order valence-corrected chi connectivity index (χ4v) is 1.03. The van der Waals surface area contributed by atoms with Gasteiger partial charge in [0.2, 0.25) is 5.96 Å². The second-order valence-electron chi connectivity index (χ2n) is 2.94. The van der Waals surface area contributed by atoms with Crippen molar-refractivity contribution < 1.29 is 0 Å². The molecule has 7 N–H and O–H groups in total. The molecule has 0 unspecified atom stereocenters. The molecule has 14 heavy (non-hydrogen) atoms. The van der Waals surface area contributed by atoms with Crippen LogP contribution in [0.25, 0.3) is 0 Å². The molecule has 0 saturated carbocycles. The zero-order valence-corrected chi connectivity index (χ0v) is 7.90. The molecule has 1 aromatic rings. The minimum absolute atomic E-state index is 0.0438. The number of nitrogens with zero attached hydrogens (tertiary/aromatic N) is 1. The smallest absolute Gasteiger partial charge is 0.208 e. The Labute approximate surface area is 83.0 Å². The van der Waals surface area contributed by atoms with E-state index in [4.69, 9.17) is 17.2 Å². The normalized spacial score (nSPS) is 9.43. The zero-order valence-electron chi connectivity index (χ0n) is 7.90. The van der Waals surface area contributed by atoms with Crippen molar-refractivity contribution in [3.05, 3.63) is 29.8 Å². The average molecular weight is 193 g/mol. The number of hydrogen-bond donors (Lipinski definition) is 4. The van der Waals surface area contributed by atoms with Crippen LogP contribution < -0.4 is 22.6 Å². The Morgan fingerprint density at radius 1 is 1.21 bits per heavy atom. The van der Waals surface area contributed by atoms with E-state index in [1.165, 1.54) is 5.56 Å². The Hall–Kier alpha value is -1.91. The minimum atomic E-state index is 0.0438. The quantitative estimate of drug-likeness (QED) is 0.171. The van der Waals surface area contributed by atoms with Crippen molar-refractivity contribution in [1.29, 1.82) is 0 Å². The van der Waals surface area contributed by atoms with Crippen molar-refractivity contribution in [2.75, 3.05) is 12.3 Å². The standard InChI is InChI=1S/C9H15N5/c10-8-3-1-7(2-4-8)5-6-13-14-9(11)12/h1-4,13H,5-6,10H2,(H4,11,12,14). The van der Waals surface area contributed by atoms with E-state index in [1.54, 1.807) is 0 Å². The summed E-state index contributed by atoms with van der Waals surface area (Å²) in [5.74, 6) is 0.0438. The lowest BCUT2D eigenvalue weighted by Gasteiger charge is -2.01. The highest BCUT2D eigenvalue weighted by Gasteiger charge is 1.91. The largest absolute Gasteiger partial charge is 0.399 e. The third-order valence-corrected chi connectivity index (χ3v) is 1.71. The van der Waals surface area contributed by atoms with Crippen LogP contribution in [-0.2, 0) is 6.42 Å². The van der Waals surface area contributed by atoms with E-state index < -0.39 is 0 Å². The SMILES string of the molecule is NC(N)=NNCCc1ccc(N)cc1. The van der Waals surface area contributed by atoms with Crippen LogP contribution in [0.15, 0.2) is 29.4 Å². The predicted octanol–water partition coefficient (Wildman–Crippen LogP) is -0.411. The molecule has 5 heteroatoms. The van der Waals surface area contributed by atoms with Crippen molar-refractivity contribution in [3.63, 3.8) is 0 Å². The van der Waals surface area contributed by atoms with E-state index in [1.807, 2.05) is 24.3 Å². The number of anilines is 1. The monoisotopic (exact) mass is 193 g/mol. The number of nitrogens with two attached hydrogens (primary N) is 3. The summed E-state index contributed by atoms with van der Waals surface area (Å²) in [6.07, 6.45) is 0.858. The first-order valence-corrected chi connectivity index (χ1v) is 4.34. The summed E-state index contributed by atoms with van der Waals surface area (Å²) in [5.41, 5.74) is 20.5. The lowest BCUT2D eigenvalue weighted by atomic mass is 10.1.